The van der Waals surface area contributed by atoms with Gasteiger partial charge in [0, 0.05) is 6.54 Å². The molecule has 23 heavy (non-hydrogen) atoms. The van der Waals surface area contributed by atoms with Crippen molar-refractivity contribution < 1.29 is 14.3 Å². The lowest BCUT2D eigenvalue weighted by Crippen LogP contribution is -2.75. The number of nitrogens with zero attached hydrogens (tertiary/aromatic N) is 1. The van der Waals surface area contributed by atoms with Crippen LogP contribution in [-0.2, 0) is 9.53 Å². The summed E-state index contributed by atoms with van der Waals surface area (Å²) in [4.78, 5) is 27.3. The van der Waals surface area contributed by atoms with Gasteiger partial charge in [0.2, 0.25) is 0 Å². The Morgan fingerprint density at radius 3 is 2.83 bits per heavy atom. The SMILES string of the molecule is CCOC(=O)[C@]12C[C@]3(C)CCN(C(=O)N[C@@H]1c1ccccc1)[C@@H]32. The standard InChI is InChI=1S/C18H22N2O3/c1-3-23-15(21)18-11-17(2)9-10-20(14(17)18)16(22)19-13(18)12-7-5-4-6-8-12/h4-8,13-14H,3,9-11H2,1-2H3,(H,19,22)/t13-,14+,17+,18-/m1/s1. The Kier molecular flexibility index (Phi) is 2.99. The van der Waals surface area contributed by atoms with E-state index in [0.29, 0.717) is 6.61 Å². The van der Waals surface area contributed by atoms with Crippen LogP contribution in [-0.4, -0.2) is 36.1 Å². The number of carbonyl (C=O) groups excluding carboxylic acids is 2. The molecule has 3 fully saturated rings. The summed E-state index contributed by atoms with van der Waals surface area (Å²) in [5.41, 5.74) is 0.330. The van der Waals surface area contributed by atoms with Crippen molar-refractivity contribution in [1.29, 1.82) is 0 Å². The fourth-order valence-corrected chi connectivity index (χ4v) is 5.14. The Bertz CT molecular complexity index is 661. The third-order valence-electron chi connectivity index (χ3n) is 5.91. The van der Waals surface area contributed by atoms with Crippen LogP contribution < -0.4 is 5.32 Å². The van der Waals surface area contributed by atoms with E-state index in [9.17, 15) is 9.59 Å². The van der Waals surface area contributed by atoms with Crippen LogP contribution in [0.2, 0.25) is 0 Å². The van der Waals surface area contributed by atoms with Crippen molar-refractivity contribution in [3.05, 3.63) is 35.9 Å². The molecular formula is C18H22N2O3. The van der Waals surface area contributed by atoms with Crippen molar-refractivity contribution >= 4 is 12.0 Å². The van der Waals surface area contributed by atoms with Crippen LogP contribution in [0.3, 0.4) is 0 Å². The number of benzene rings is 1. The second-order valence-corrected chi connectivity index (χ2v) is 7.23. The van der Waals surface area contributed by atoms with Gasteiger partial charge in [-0.1, -0.05) is 37.3 Å². The fraction of sp³-hybridized carbons (Fsp3) is 0.556. The van der Waals surface area contributed by atoms with Crippen molar-refractivity contribution in [2.45, 2.75) is 38.8 Å². The second kappa shape index (κ2) is 4.73. The van der Waals surface area contributed by atoms with Crippen molar-refractivity contribution in [2.75, 3.05) is 13.2 Å². The van der Waals surface area contributed by atoms with E-state index in [1.807, 2.05) is 42.2 Å². The van der Waals surface area contributed by atoms with Crippen molar-refractivity contribution in [3.63, 3.8) is 0 Å². The fourth-order valence-electron chi connectivity index (χ4n) is 5.14. The number of nitrogens with one attached hydrogen (secondary N) is 1. The van der Waals surface area contributed by atoms with Gasteiger partial charge >= 0.3 is 12.0 Å². The summed E-state index contributed by atoms with van der Waals surface area (Å²) in [6, 6.07) is 9.34. The zero-order valence-corrected chi connectivity index (χ0v) is 13.5. The first-order valence-electron chi connectivity index (χ1n) is 8.32. The highest BCUT2D eigenvalue weighted by molar-refractivity contribution is 5.88. The molecule has 0 radical (unpaired) electrons. The number of esters is 1. The third-order valence-corrected chi connectivity index (χ3v) is 5.91. The number of ether oxygens (including phenoxy) is 1. The lowest BCUT2D eigenvalue weighted by atomic mass is 9.46. The summed E-state index contributed by atoms with van der Waals surface area (Å²) in [6.07, 6.45) is 1.72. The predicted molar refractivity (Wildman–Crippen MR) is 84.6 cm³/mol. The number of carbonyl (C=O) groups is 2. The molecule has 5 nitrogen and oxygen atoms in total. The van der Waals surface area contributed by atoms with Crippen molar-refractivity contribution in [1.82, 2.24) is 10.2 Å². The highest BCUT2D eigenvalue weighted by Crippen LogP contribution is 2.68. The van der Waals surface area contributed by atoms with E-state index in [4.69, 9.17) is 4.74 Å². The Morgan fingerprint density at radius 2 is 2.13 bits per heavy atom. The Balaban J connectivity index is 1.82. The smallest absolute Gasteiger partial charge is 0.318 e. The van der Waals surface area contributed by atoms with Gasteiger partial charge in [-0.05, 0) is 30.7 Å². The molecule has 4 rings (SSSR count). The molecule has 2 aliphatic heterocycles. The first-order valence-corrected chi connectivity index (χ1v) is 8.32. The number of hydrogen-bond donors (Lipinski definition) is 1. The van der Waals surface area contributed by atoms with Crippen LogP contribution in [0, 0.1) is 10.8 Å². The van der Waals surface area contributed by atoms with Gasteiger partial charge in [-0.3, -0.25) is 4.79 Å². The van der Waals surface area contributed by atoms with Crippen LogP contribution in [0.25, 0.3) is 0 Å². The molecule has 1 aromatic carbocycles. The Hall–Kier alpha value is -2.04. The number of rotatable bonds is 3. The molecule has 2 saturated heterocycles. The zero-order valence-electron chi connectivity index (χ0n) is 13.5. The summed E-state index contributed by atoms with van der Waals surface area (Å²) >= 11 is 0. The highest BCUT2D eigenvalue weighted by Gasteiger charge is 2.75. The summed E-state index contributed by atoms with van der Waals surface area (Å²) < 4.78 is 5.45. The Morgan fingerprint density at radius 1 is 1.39 bits per heavy atom. The van der Waals surface area contributed by atoms with Gasteiger partial charge in [-0.15, -0.1) is 0 Å². The van der Waals surface area contributed by atoms with E-state index in [1.54, 1.807) is 0 Å². The molecular weight excluding hydrogens is 292 g/mol. The molecule has 122 valence electrons. The van der Waals surface area contributed by atoms with E-state index >= 15 is 0 Å². The van der Waals surface area contributed by atoms with E-state index in [0.717, 1.165) is 24.9 Å². The molecule has 1 aromatic rings. The number of amides is 2. The topological polar surface area (TPSA) is 58.6 Å². The normalized spacial score (nSPS) is 37.7. The predicted octanol–water partition coefficient (Wildman–Crippen LogP) is 2.48. The van der Waals surface area contributed by atoms with Crippen LogP contribution in [0.1, 0.15) is 38.3 Å². The molecule has 2 heterocycles. The number of hydrogen-bond acceptors (Lipinski definition) is 3. The molecule has 4 atom stereocenters. The summed E-state index contributed by atoms with van der Waals surface area (Å²) in [6.45, 7) is 5.10. The summed E-state index contributed by atoms with van der Waals surface area (Å²) in [7, 11) is 0. The molecule has 5 heteroatoms. The monoisotopic (exact) mass is 314 g/mol. The number of urea groups is 1. The van der Waals surface area contributed by atoms with E-state index in [-0.39, 0.29) is 29.5 Å². The minimum absolute atomic E-state index is 0.0253. The van der Waals surface area contributed by atoms with Gasteiger partial charge in [0.15, 0.2) is 0 Å². The van der Waals surface area contributed by atoms with E-state index in [1.165, 1.54) is 0 Å². The van der Waals surface area contributed by atoms with Crippen LogP contribution in [0.4, 0.5) is 4.79 Å². The average Bonchev–Trinajstić information content (AvgIpc) is 2.84. The first kappa shape index (κ1) is 14.5. The first-order chi connectivity index (χ1) is 11.0. The van der Waals surface area contributed by atoms with Gasteiger partial charge in [0.05, 0.1) is 18.7 Å². The average molecular weight is 314 g/mol. The molecule has 1 N–H and O–H groups in total. The largest absolute Gasteiger partial charge is 0.465 e. The Labute approximate surface area is 136 Å². The third kappa shape index (κ3) is 1.73. The molecule has 2 amide bonds. The van der Waals surface area contributed by atoms with Gasteiger partial charge in [0.1, 0.15) is 5.41 Å². The molecule has 0 unspecified atom stereocenters. The quantitative estimate of drug-likeness (QED) is 0.872. The maximum atomic E-state index is 12.9. The molecule has 1 saturated carbocycles. The molecule has 0 bridgehead atoms. The zero-order chi connectivity index (χ0) is 16.2. The molecule has 0 aromatic heterocycles. The van der Waals surface area contributed by atoms with Crippen LogP contribution in [0.5, 0.6) is 0 Å². The van der Waals surface area contributed by atoms with E-state index < -0.39 is 5.41 Å². The maximum Gasteiger partial charge on any atom is 0.318 e. The van der Waals surface area contributed by atoms with Gasteiger partial charge in [-0.25, -0.2) is 4.79 Å². The minimum atomic E-state index is -0.670. The van der Waals surface area contributed by atoms with Crippen LogP contribution in [0.15, 0.2) is 30.3 Å². The lowest BCUT2D eigenvalue weighted by molar-refractivity contribution is -0.191. The maximum absolute atomic E-state index is 12.9. The highest BCUT2D eigenvalue weighted by atomic mass is 16.5. The van der Waals surface area contributed by atoms with Gasteiger partial charge in [0.25, 0.3) is 0 Å². The lowest BCUT2D eigenvalue weighted by Gasteiger charge is -2.63. The molecule has 1 aliphatic carbocycles. The van der Waals surface area contributed by atoms with Crippen molar-refractivity contribution in [3.8, 4) is 0 Å². The second-order valence-electron chi connectivity index (χ2n) is 7.23. The summed E-state index contributed by atoms with van der Waals surface area (Å²) in [5.74, 6) is -0.178. The van der Waals surface area contributed by atoms with Gasteiger partial charge < -0.3 is 15.0 Å². The molecule has 0 spiro atoms. The summed E-state index contributed by atoms with van der Waals surface area (Å²) in [5, 5.41) is 3.08. The van der Waals surface area contributed by atoms with Gasteiger partial charge in [-0.2, -0.15) is 0 Å². The van der Waals surface area contributed by atoms with E-state index in [2.05, 4.69) is 12.2 Å². The van der Waals surface area contributed by atoms with Crippen molar-refractivity contribution in [2.24, 2.45) is 10.8 Å². The molecule has 3 aliphatic rings. The minimum Gasteiger partial charge on any atom is -0.465 e. The van der Waals surface area contributed by atoms with Crippen LogP contribution >= 0.6 is 0 Å².